The highest BCUT2D eigenvalue weighted by molar-refractivity contribution is 6.31. The lowest BCUT2D eigenvalue weighted by atomic mass is 10.1. The normalized spacial score (nSPS) is 17.8. The van der Waals surface area contributed by atoms with E-state index in [1.807, 2.05) is 36.4 Å². The van der Waals surface area contributed by atoms with Crippen molar-refractivity contribution in [3.05, 3.63) is 60.3 Å². The van der Waals surface area contributed by atoms with Gasteiger partial charge in [-0.2, -0.15) is 0 Å². The van der Waals surface area contributed by atoms with Gasteiger partial charge in [-0.15, -0.1) is 0 Å². The lowest BCUT2D eigenvalue weighted by Gasteiger charge is -2.34. The molecule has 6 nitrogen and oxygen atoms in total. The topological polar surface area (TPSA) is 64.7 Å². The van der Waals surface area contributed by atoms with E-state index in [-0.39, 0.29) is 5.91 Å². The van der Waals surface area contributed by atoms with Gasteiger partial charge in [-0.25, -0.2) is 0 Å². The Hall–Kier alpha value is -3.28. The van der Waals surface area contributed by atoms with E-state index in [2.05, 4.69) is 27.7 Å². The van der Waals surface area contributed by atoms with Crippen LogP contribution < -0.4 is 15.5 Å². The summed E-state index contributed by atoms with van der Waals surface area (Å²) in [4.78, 5) is 27.0. The molecule has 2 aliphatic heterocycles. The Balaban J connectivity index is 1.44. The molecule has 0 aliphatic carbocycles. The maximum Gasteiger partial charge on any atom is 0.257 e. The van der Waals surface area contributed by atoms with Crippen LogP contribution in [0.3, 0.4) is 0 Å². The molecule has 132 valence electrons. The van der Waals surface area contributed by atoms with Crippen molar-refractivity contribution in [1.29, 1.82) is 0 Å². The fourth-order valence-electron chi connectivity index (χ4n) is 3.29. The van der Waals surface area contributed by atoms with E-state index in [1.54, 1.807) is 11.1 Å². The number of benzene rings is 2. The fourth-order valence-corrected chi connectivity index (χ4v) is 3.29. The Bertz CT molecular complexity index is 852. The number of fused-ring (bicyclic) bond motifs is 1. The first-order valence-corrected chi connectivity index (χ1v) is 8.66. The van der Waals surface area contributed by atoms with E-state index in [9.17, 15) is 9.59 Å². The SMILES string of the molecule is O=CN1CCN(c2ccc(NC=C3C(=O)Nc4ccccc43)cc2)CC1. The number of anilines is 3. The summed E-state index contributed by atoms with van der Waals surface area (Å²) in [6.07, 6.45) is 2.66. The van der Waals surface area contributed by atoms with Crippen molar-refractivity contribution in [2.45, 2.75) is 0 Å². The van der Waals surface area contributed by atoms with E-state index in [1.165, 1.54) is 0 Å². The highest BCUT2D eigenvalue weighted by Crippen LogP contribution is 2.31. The molecule has 2 aliphatic rings. The van der Waals surface area contributed by atoms with Crippen LogP contribution in [0, 0.1) is 0 Å². The second-order valence-electron chi connectivity index (χ2n) is 6.38. The molecule has 2 aromatic rings. The van der Waals surface area contributed by atoms with E-state index in [0.29, 0.717) is 5.57 Å². The van der Waals surface area contributed by atoms with Gasteiger partial charge in [0.2, 0.25) is 6.41 Å². The number of nitrogens with zero attached hydrogens (tertiary/aromatic N) is 2. The number of nitrogens with one attached hydrogen (secondary N) is 2. The predicted molar refractivity (Wildman–Crippen MR) is 103 cm³/mol. The number of carbonyl (C=O) groups is 2. The first-order valence-electron chi connectivity index (χ1n) is 8.66. The minimum Gasteiger partial charge on any atom is -0.368 e. The molecule has 0 saturated carbocycles. The maximum atomic E-state index is 12.1. The van der Waals surface area contributed by atoms with Crippen molar-refractivity contribution in [3.8, 4) is 0 Å². The molecule has 2 amide bonds. The second-order valence-corrected chi connectivity index (χ2v) is 6.38. The molecule has 6 heteroatoms. The van der Waals surface area contributed by atoms with E-state index >= 15 is 0 Å². The molecule has 0 spiro atoms. The summed E-state index contributed by atoms with van der Waals surface area (Å²) in [5.41, 5.74) is 4.45. The molecule has 0 unspecified atom stereocenters. The smallest absolute Gasteiger partial charge is 0.257 e. The van der Waals surface area contributed by atoms with E-state index in [4.69, 9.17) is 0 Å². The molecular formula is C20H20N4O2. The Labute approximate surface area is 152 Å². The van der Waals surface area contributed by atoms with Gasteiger partial charge in [-0.05, 0) is 30.3 Å². The van der Waals surface area contributed by atoms with Crippen LogP contribution in [0.15, 0.2) is 54.7 Å². The van der Waals surface area contributed by atoms with Gasteiger partial charge in [0.1, 0.15) is 0 Å². The van der Waals surface area contributed by atoms with Gasteiger partial charge in [0.05, 0.1) is 5.57 Å². The zero-order valence-corrected chi connectivity index (χ0v) is 14.3. The molecular weight excluding hydrogens is 328 g/mol. The average molecular weight is 348 g/mol. The van der Waals surface area contributed by atoms with Crippen LogP contribution >= 0.6 is 0 Å². The Morgan fingerprint density at radius 2 is 1.69 bits per heavy atom. The molecule has 0 radical (unpaired) electrons. The molecule has 2 aromatic carbocycles. The number of hydrogen-bond acceptors (Lipinski definition) is 4. The highest BCUT2D eigenvalue weighted by atomic mass is 16.2. The van der Waals surface area contributed by atoms with Crippen LogP contribution in [0.25, 0.3) is 5.57 Å². The summed E-state index contributed by atoms with van der Waals surface area (Å²) in [6, 6.07) is 15.8. The molecule has 0 atom stereocenters. The lowest BCUT2D eigenvalue weighted by molar-refractivity contribution is -0.118. The number of rotatable bonds is 4. The van der Waals surface area contributed by atoms with E-state index in [0.717, 1.165) is 55.2 Å². The molecule has 1 fully saturated rings. The summed E-state index contributed by atoms with van der Waals surface area (Å²) in [7, 11) is 0. The molecule has 0 aromatic heterocycles. The third-order valence-corrected chi connectivity index (χ3v) is 4.79. The molecule has 2 N–H and O–H groups in total. The summed E-state index contributed by atoms with van der Waals surface area (Å²) in [5.74, 6) is -0.0941. The summed E-state index contributed by atoms with van der Waals surface area (Å²) in [5, 5.41) is 6.07. The largest absolute Gasteiger partial charge is 0.368 e. The van der Waals surface area contributed by atoms with Crippen molar-refractivity contribution < 1.29 is 9.59 Å². The number of piperazine rings is 1. The molecule has 4 rings (SSSR count). The highest BCUT2D eigenvalue weighted by Gasteiger charge is 2.23. The van der Waals surface area contributed by atoms with Crippen LogP contribution in [0.2, 0.25) is 0 Å². The van der Waals surface area contributed by atoms with Gasteiger partial charge in [0, 0.05) is 55.0 Å². The first-order chi connectivity index (χ1) is 12.7. The summed E-state index contributed by atoms with van der Waals surface area (Å²) in [6.45, 7) is 3.19. The standard InChI is InChI=1S/C20H20N4O2/c25-14-23-9-11-24(12-10-23)16-7-5-15(6-8-16)21-13-18-17-3-1-2-4-19(17)22-20(18)26/h1-8,13-14,21H,9-12H2,(H,22,26). The Morgan fingerprint density at radius 3 is 2.42 bits per heavy atom. The zero-order chi connectivity index (χ0) is 17.9. The lowest BCUT2D eigenvalue weighted by Crippen LogP contribution is -2.45. The van der Waals surface area contributed by atoms with Crippen LogP contribution in [0.5, 0.6) is 0 Å². The minimum atomic E-state index is -0.0941. The van der Waals surface area contributed by atoms with Crippen molar-refractivity contribution in [2.75, 3.05) is 41.7 Å². The van der Waals surface area contributed by atoms with Gasteiger partial charge < -0.3 is 20.4 Å². The number of para-hydroxylation sites is 1. The third-order valence-electron chi connectivity index (χ3n) is 4.79. The number of amides is 2. The molecule has 1 saturated heterocycles. The van der Waals surface area contributed by atoms with Crippen molar-refractivity contribution in [1.82, 2.24) is 4.90 Å². The van der Waals surface area contributed by atoms with Crippen LogP contribution in [0.1, 0.15) is 5.56 Å². The van der Waals surface area contributed by atoms with Crippen molar-refractivity contribution >= 4 is 35.0 Å². The van der Waals surface area contributed by atoms with Gasteiger partial charge in [-0.3, -0.25) is 9.59 Å². The number of hydrogen-bond donors (Lipinski definition) is 2. The fraction of sp³-hybridized carbons (Fsp3) is 0.200. The Kier molecular flexibility index (Phi) is 4.31. The summed E-state index contributed by atoms with van der Waals surface area (Å²) < 4.78 is 0. The Morgan fingerprint density at radius 1 is 0.962 bits per heavy atom. The monoisotopic (exact) mass is 348 g/mol. The van der Waals surface area contributed by atoms with E-state index < -0.39 is 0 Å². The molecule has 2 heterocycles. The van der Waals surface area contributed by atoms with Gasteiger partial charge >= 0.3 is 0 Å². The first kappa shape index (κ1) is 16.2. The zero-order valence-electron chi connectivity index (χ0n) is 14.3. The van der Waals surface area contributed by atoms with Gasteiger partial charge in [0.25, 0.3) is 5.91 Å². The van der Waals surface area contributed by atoms with Crippen LogP contribution in [-0.2, 0) is 9.59 Å². The second kappa shape index (κ2) is 6.92. The number of carbonyl (C=O) groups excluding carboxylic acids is 2. The maximum absolute atomic E-state index is 12.1. The van der Waals surface area contributed by atoms with Crippen LogP contribution in [-0.4, -0.2) is 43.4 Å². The predicted octanol–water partition coefficient (Wildman–Crippen LogP) is 2.37. The minimum absolute atomic E-state index is 0.0941. The van der Waals surface area contributed by atoms with Crippen LogP contribution in [0.4, 0.5) is 17.1 Å². The quantitative estimate of drug-likeness (QED) is 0.658. The van der Waals surface area contributed by atoms with Gasteiger partial charge in [-0.1, -0.05) is 18.2 Å². The molecule has 0 bridgehead atoms. The average Bonchev–Trinajstić information content (AvgIpc) is 3.02. The third kappa shape index (κ3) is 3.13. The van der Waals surface area contributed by atoms with Gasteiger partial charge in [0.15, 0.2) is 0 Å². The van der Waals surface area contributed by atoms with Crippen molar-refractivity contribution in [2.24, 2.45) is 0 Å². The molecule has 26 heavy (non-hydrogen) atoms. The van der Waals surface area contributed by atoms with Crippen molar-refractivity contribution in [3.63, 3.8) is 0 Å². The summed E-state index contributed by atoms with van der Waals surface area (Å²) >= 11 is 0.